The van der Waals surface area contributed by atoms with Crippen molar-refractivity contribution in [2.75, 3.05) is 5.32 Å². The summed E-state index contributed by atoms with van der Waals surface area (Å²) in [6.45, 7) is 1.39. The fraction of sp³-hybridized carbons (Fsp3) is 0.120. The second-order valence-corrected chi connectivity index (χ2v) is 9.13. The average molecular weight is 540 g/mol. The molecule has 0 saturated heterocycles. The van der Waals surface area contributed by atoms with E-state index in [1.165, 1.54) is 54.6 Å². The number of halogens is 6. The van der Waals surface area contributed by atoms with E-state index in [0.717, 1.165) is 4.57 Å². The van der Waals surface area contributed by atoms with Gasteiger partial charge in [0.15, 0.2) is 0 Å². The van der Waals surface area contributed by atoms with Crippen LogP contribution in [0.2, 0.25) is 15.1 Å². The molecule has 0 spiro atoms. The number of benzene rings is 3. The first-order chi connectivity index (χ1) is 16.5. The minimum atomic E-state index is -4.95. The highest BCUT2D eigenvalue weighted by Crippen LogP contribution is 2.40. The monoisotopic (exact) mass is 538 g/mol. The highest BCUT2D eigenvalue weighted by Gasteiger charge is 2.42. The first-order valence-electron chi connectivity index (χ1n) is 10.2. The van der Waals surface area contributed by atoms with Gasteiger partial charge in [0.25, 0.3) is 11.7 Å². The lowest BCUT2D eigenvalue weighted by Crippen LogP contribution is -2.26. The van der Waals surface area contributed by atoms with Crippen LogP contribution < -0.4 is 5.32 Å². The molecule has 0 unspecified atom stereocenters. The second-order valence-electron chi connectivity index (χ2n) is 7.85. The van der Waals surface area contributed by atoms with Gasteiger partial charge in [0, 0.05) is 38.2 Å². The number of nitrogens with zero attached hydrogens (tertiary/aromatic N) is 1. The van der Waals surface area contributed by atoms with Crippen molar-refractivity contribution in [1.82, 2.24) is 4.57 Å². The summed E-state index contributed by atoms with van der Waals surface area (Å²) in [5, 5.41) is 3.25. The highest BCUT2D eigenvalue weighted by molar-refractivity contribution is 6.48. The molecule has 0 fully saturated rings. The number of ketones is 1. The van der Waals surface area contributed by atoms with Crippen LogP contribution in [0.25, 0.3) is 10.9 Å². The first kappa shape index (κ1) is 25.1. The van der Waals surface area contributed by atoms with Crippen molar-refractivity contribution in [1.29, 1.82) is 0 Å². The van der Waals surface area contributed by atoms with Crippen LogP contribution >= 0.6 is 34.8 Å². The number of rotatable bonds is 5. The normalized spacial score (nSPS) is 11.6. The van der Waals surface area contributed by atoms with E-state index in [4.69, 9.17) is 34.8 Å². The predicted octanol–water partition coefficient (Wildman–Crippen LogP) is 7.80. The van der Waals surface area contributed by atoms with Crippen LogP contribution in [0.4, 0.5) is 18.9 Å². The molecule has 180 valence electrons. The van der Waals surface area contributed by atoms with Crippen molar-refractivity contribution in [3.8, 4) is 0 Å². The molecular weight excluding hydrogens is 524 g/mol. The van der Waals surface area contributed by atoms with Crippen molar-refractivity contribution in [3.05, 3.63) is 98.1 Å². The molecule has 0 aliphatic rings. The van der Waals surface area contributed by atoms with Gasteiger partial charge in [-0.15, -0.1) is 0 Å². The predicted molar refractivity (Wildman–Crippen MR) is 132 cm³/mol. The third kappa shape index (κ3) is 5.17. The zero-order valence-corrected chi connectivity index (χ0v) is 20.3. The van der Waals surface area contributed by atoms with E-state index in [0.29, 0.717) is 21.2 Å². The van der Waals surface area contributed by atoms with Gasteiger partial charge in [-0.1, -0.05) is 52.5 Å². The molecule has 1 aromatic heterocycles. The summed E-state index contributed by atoms with van der Waals surface area (Å²) in [6, 6.07) is 14.9. The van der Waals surface area contributed by atoms with Crippen LogP contribution in [0.5, 0.6) is 0 Å². The van der Waals surface area contributed by atoms with Crippen molar-refractivity contribution in [2.45, 2.75) is 19.6 Å². The molecule has 0 bridgehead atoms. The zero-order valence-electron chi connectivity index (χ0n) is 18.0. The SMILES string of the molecule is Cc1ccc2c(c1)c(C(=O)C(=O)Nc1ccc(Cl)cc1)c(C(F)(F)F)n2Cc1ccc(Cl)cc1Cl. The number of carbonyl (C=O) groups excluding carboxylic acids is 2. The van der Waals surface area contributed by atoms with Crippen LogP contribution in [-0.2, 0) is 17.5 Å². The lowest BCUT2D eigenvalue weighted by Gasteiger charge is -2.15. The molecule has 4 aromatic rings. The summed E-state index contributed by atoms with van der Waals surface area (Å²) in [5.74, 6) is -2.52. The quantitative estimate of drug-likeness (QED) is 0.208. The summed E-state index contributed by atoms with van der Waals surface area (Å²) in [4.78, 5) is 25.9. The van der Waals surface area contributed by atoms with Gasteiger partial charge in [0.2, 0.25) is 0 Å². The maximum Gasteiger partial charge on any atom is 0.432 e. The summed E-state index contributed by atoms with van der Waals surface area (Å²) < 4.78 is 44.3. The Morgan fingerprint density at radius 2 is 1.57 bits per heavy atom. The van der Waals surface area contributed by atoms with E-state index in [9.17, 15) is 22.8 Å². The number of fused-ring (bicyclic) bond motifs is 1. The van der Waals surface area contributed by atoms with Crippen molar-refractivity contribution >= 4 is 63.1 Å². The number of nitrogens with one attached hydrogen (secondary N) is 1. The van der Waals surface area contributed by atoms with E-state index >= 15 is 0 Å². The molecule has 10 heteroatoms. The molecular formula is C25H16Cl3F3N2O2. The number of aromatic nitrogens is 1. The molecule has 0 aliphatic carbocycles. The van der Waals surface area contributed by atoms with Gasteiger partial charge in [0.1, 0.15) is 5.69 Å². The Kier molecular flexibility index (Phi) is 6.86. The summed E-state index contributed by atoms with van der Waals surface area (Å²) in [5.41, 5.74) is -0.623. The van der Waals surface area contributed by atoms with Crippen LogP contribution in [0.1, 0.15) is 27.2 Å². The molecule has 0 aliphatic heterocycles. The summed E-state index contributed by atoms with van der Waals surface area (Å²) in [7, 11) is 0. The fourth-order valence-corrected chi connectivity index (χ4v) is 4.41. The van der Waals surface area contributed by atoms with Crippen LogP contribution in [-0.4, -0.2) is 16.3 Å². The third-order valence-corrected chi connectivity index (χ3v) is 6.21. The molecule has 4 nitrogen and oxygen atoms in total. The van der Waals surface area contributed by atoms with Crippen molar-refractivity contribution < 1.29 is 22.8 Å². The summed E-state index contributed by atoms with van der Waals surface area (Å²) in [6.07, 6.45) is -4.95. The number of Topliss-reactive ketones (excluding diaryl/α,β-unsaturated/α-hetero) is 1. The molecule has 1 amide bonds. The van der Waals surface area contributed by atoms with Gasteiger partial charge in [-0.3, -0.25) is 9.59 Å². The Morgan fingerprint density at radius 3 is 2.20 bits per heavy atom. The number of hydrogen-bond acceptors (Lipinski definition) is 2. The number of amides is 1. The van der Waals surface area contributed by atoms with E-state index in [2.05, 4.69) is 5.32 Å². The Hall–Kier alpha value is -3.00. The van der Waals surface area contributed by atoms with Gasteiger partial charge < -0.3 is 9.88 Å². The van der Waals surface area contributed by atoms with E-state index in [-0.39, 0.29) is 28.2 Å². The number of aryl methyl sites for hydroxylation is 1. The maximum atomic E-state index is 14.4. The topological polar surface area (TPSA) is 51.1 Å². The molecule has 35 heavy (non-hydrogen) atoms. The van der Waals surface area contributed by atoms with E-state index < -0.39 is 29.1 Å². The fourth-order valence-electron chi connectivity index (χ4n) is 3.81. The highest BCUT2D eigenvalue weighted by atomic mass is 35.5. The van der Waals surface area contributed by atoms with Crippen LogP contribution in [0.3, 0.4) is 0 Å². The smallest absolute Gasteiger partial charge is 0.332 e. The first-order valence-corrected chi connectivity index (χ1v) is 11.3. The molecule has 0 saturated carbocycles. The van der Waals surface area contributed by atoms with E-state index in [1.807, 2.05) is 0 Å². The standard InChI is InChI=1S/C25H16Cl3F3N2O2/c1-13-2-9-20-18(10-13)21(22(34)24(35)32-17-7-5-15(26)6-8-17)23(25(29,30)31)33(20)12-14-3-4-16(27)11-19(14)28/h2-11H,12H2,1H3,(H,32,35). The number of carbonyl (C=O) groups is 2. The van der Waals surface area contributed by atoms with Gasteiger partial charge in [-0.05, 0) is 61.0 Å². The number of anilines is 1. The minimum absolute atomic E-state index is 0.0127. The Balaban J connectivity index is 1.89. The molecule has 0 atom stereocenters. The van der Waals surface area contributed by atoms with Gasteiger partial charge in [-0.25, -0.2) is 0 Å². The molecule has 3 aromatic carbocycles. The van der Waals surface area contributed by atoms with Gasteiger partial charge in [-0.2, -0.15) is 13.2 Å². The van der Waals surface area contributed by atoms with Crippen LogP contribution in [0.15, 0.2) is 60.7 Å². The number of alkyl halides is 3. The lowest BCUT2D eigenvalue weighted by molar-refractivity contribution is -0.143. The molecule has 4 rings (SSSR count). The van der Waals surface area contributed by atoms with E-state index in [1.54, 1.807) is 13.0 Å². The largest absolute Gasteiger partial charge is 0.432 e. The lowest BCUT2D eigenvalue weighted by atomic mass is 10.0. The van der Waals surface area contributed by atoms with Crippen molar-refractivity contribution in [2.24, 2.45) is 0 Å². The maximum absolute atomic E-state index is 14.4. The molecule has 1 heterocycles. The Morgan fingerprint density at radius 1 is 0.914 bits per heavy atom. The van der Waals surface area contributed by atoms with Crippen molar-refractivity contribution in [3.63, 3.8) is 0 Å². The third-order valence-electron chi connectivity index (χ3n) is 5.37. The van der Waals surface area contributed by atoms with Gasteiger partial charge >= 0.3 is 6.18 Å². The minimum Gasteiger partial charge on any atom is -0.332 e. The Bertz CT molecular complexity index is 1460. The second kappa shape index (κ2) is 9.57. The zero-order chi connectivity index (χ0) is 25.5. The molecule has 0 radical (unpaired) electrons. The Labute approximate surface area is 213 Å². The van der Waals surface area contributed by atoms with Gasteiger partial charge in [0.05, 0.1) is 5.56 Å². The van der Waals surface area contributed by atoms with Crippen LogP contribution in [0, 0.1) is 6.92 Å². The average Bonchev–Trinajstić information content (AvgIpc) is 3.10. The molecule has 1 N–H and O–H groups in total. The number of hydrogen-bond donors (Lipinski definition) is 1. The summed E-state index contributed by atoms with van der Waals surface area (Å²) >= 11 is 18.0.